The summed E-state index contributed by atoms with van der Waals surface area (Å²) in [4.78, 5) is 12.7. The zero-order valence-corrected chi connectivity index (χ0v) is 15.2. The number of nitrogens with zero attached hydrogens (tertiary/aromatic N) is 2. The lowest BCUT2D eigenvalue weighted by atomic mass is 9.88. The number of anilines is 1. The van der Waals surface area contributed by atoms with Gasteiger partial charge in [-0.2, -0.15) is 9.78 Å². The molecule has 2 aromatic rings. The van der Waals surface area contributed by atoms with Crippen LogP contribution in [-0.4, -0.2) is 22.4 Å². The Morgan fingerprint density at radius 1 is 1.30 bits per heavy atom. The first-order valence-corrected chi connectivity index (χ1v) is 8.54. The summed E-state index contributed by atoms with van der Waals surface area (Å²) in [6, 6.07) is 7.33. The molecule has 1 amide bonds. The summed E-state index contributed by atoms with van der Waals surface area (Å²) in [5.74, 6) is 0. The van der Waals surface area contributed by atoms with Crippen molar-refractivity contribution in [2.75, 3.05) is 11.9 Å². The van der Waals surface area contributed by atoms with Gasteiger partial charge in [-0.05, 0) is 24.3 Å². The van der Waals surface area contributed by atoms with Crippen LogP contribution in [0.3, 0.4) is 0 Å². The van der Waals surface area contributed by atoms with Crippen LogP contribution in [0.5, 0.6) is 0 Å². The third kappa shape index (κ3) is 3.33. The highest BCUT2D eigenvalue weighted by atomic mass is 79.9. The molecular weight excluding hydrogens is 356 g/mol. The molecule has 0 unspecified atom stereocenters. The standard InChI is InChI=1S/C17H21BrN4O/c1-17(2,3)15-13-10-19-9-8-14(13)22(21-15)16(23)20-12-6-4-11(18)5-7-12/h4-7,19H,8-10H2,1-3H3,(H,20,23). The highest BCUT2D eigenvalue weighted by Gasteiger charge is 2.29. The monoisotopic (exact) mass is 376 g/mol. The molecule has 0 aliphatic carbocycles. The normalized spacial score (nSPS) is 14.4. The molecule has 1 aliphatic rings. The second-order valence-electron chi connectivity index (χ2n) is 6.80. The average Bonchev–Trinajstić information content (AvgIpc) is 2.89. The fraction of sp³-hybridized carbons (Fsp3) is 0.412. The molecule has 2 N–H and O–H groups in total. The van der Waals surface area contributed by atoms with E-state index in [0.717, 1.165) is 46.6 Å². The van der Waals surface area contributed by atoms with E-state index in [1.54, 1.807) is 4.68 Å². The Hall–Kier alpha value is -1.66. The molecule has 0 radical (unpaired) electrons. The summed E-state index contributed by atoms with van der Waals surface area (Å²) in [5, 5.41) is 10.9. The van der Waals surface area contributed by atoms with Gasteiger partial charge in [0.1, 0.15) is 0 Å². The van der Waals surface area contributed by atoms with Crippen LogP contribution in [-0.2, 0) is 18.4 Å². The van der Waals surface area contributed by atoms with E-state index in [1.165, 1.54) is 0 Å². The van der Waals surface area contributed by atoms with E-state index in [-0.39, 0.29) is 11.4 Å². The summed E-state index contributed by atoms with van der Waals surface area (Å²) >= 11 is 3.39. The molecule has 0 saturated carbocycles. The number of nitrogens with one attached hydrogen (secondary N) is 2. The molecule has 0 atom stereocenters. The molecule has 0 fully saturated rings. The molecule has 2 heterocycles. The minimum atomic E-state index is -0.207. The van der Waals surface area contributed by atoms with E-state index in [1.807, 2.05) is 24.3 Å². The van der Waals surface area contributed by atoms with Gasteiger partial charge in [-0.1, -0.05) is 36.7 Å². The van der Waals surface area contributed by atoms with Crippen molar-refractivity contribution in [1.82, 2.24) is 15.1 Å². The number of rotatable bonds is 1. The molecule has 0 bridgehead atoms. The van der Waals surface area contributed by atoms with E-state index >= 15 is 0 Å². The largest absolute Gasteiger partial charge is 0.346 e. The zero-order chi connectivity index (χ0) is 16.6. The van der Waals surface area contributed by atoms with Crippen molar-refractivity contribution in [3.05, 3.63) is 45.7 Å². The number of carbonyl (C=O) groups excluding carboxylic acids is 1. The van der Waals surface area contributed by atoms with Crippen LogP contribution in [0.4, 0.5) is 10.5 Å². The van der Waals surface area contributed by atoms with Crippen molar-refractivity contribution in [1.29, 1.82) is 0 Å². The number of hydrogen-bond donors (Lipinski definition) is 2. The highest BCUT2D eigenvalue weighted by Crippen LogP contribution is 2.29. The van der Waals surface area contributed by atoms with Crippen LogP contribution in [0, 0.1) is 0 Å². The number of fused-ring (bicyclic) bond motifs is 1. The summed E-state index contributed by atoms with van der Waals surface area (Å²) in [6.07, 6.45) is 0.812. The van der Waals surface area contributed by atoms with Gasteiger partial charge >= 0.3 is 6.03 Å². The van der Waals surface area contributed by atoms with Gasteiger partial charge in [-0.15, -0.1) is 0 Å². The fourth-order valence-corrected chi connectivity index (χ4v) is 3.09. The summed E-state index contributed by atoms with van der Waals surface area (Å²) in [5.41, 5.74) is 3.84. The van der Waals surface area contributed by atoms with Gasteiger partial charge in [0.05, 0.1) is 11.4 Å². The van der Waals surface area contributed by atoms with Gasteiger partial charge in [0.25, 0.3) is 0 Å². The molecule has 23 heavy (non-hydrogen) atoms. The van der Waals surface area contributed by atoms with Crippen molar-refractivity contribution in [2.24, 2.45) is 0 Å². The Morgan fingerprint density at radius 2 is 2.00 bits per heavy atom. The van der Waals surface area contributed by atoms with Crippen LogP contribution in [0.1, 0.15) is 37.7 Å². The Kier molecular flexibility index (Phi) is 4.29. The lowest BCUT2D eigenvalue weighted by Crippen LogP contribution is -2.29. The van der Waals surface area contributed by atoms with Gasteiger partial charge < -0.3 is 10.6 Å². The lowest BCUT2D eigenvalue weighted by molar-refractivity contribution is 0.250. The third-order valence-corrected chi connectivity index (χ3v) is 4.46. The Balaban J connectivity index is 1.94. The first kappa shape index (κ1) is 16.2. The first-order chi connectivity index (χ1) is 10.9. The SMILES string of the molecule is CC(C)(C)c1nn(C(=O)Nc2ccc(Br)cc2)c2c1CNCC2. The highest BCUT2D eigenvalue weighted by molar-refractivity contribution is 9.10. The number of hydrogen-bond acceptors (Lipinski definition) is 3. The molecule has 1 aliphatic heterocycles. The molecule has 0 spiro atoms. The van der Waals surface area contributed by atoms with E-state index in [2.05, 4.69) is 52.4 Å². The van der Waals surface area contributed by atoms with Gasteiger partial charge in [0, 0.05) is 40.6 Å². The van der Waals surface area contributed by atoms with Gasteiger partial charge in [-0.25, -0.2) is 4.79 Å². The van der Waals surface area contributed by atoms with E-state index in [4.69, 9.17) is 0 Å². The lowest BCUT2D eigenvalue weighted by Gasteiger charge is -2.20. The van der Waals surface area contributed by atoms with Gasteiger partial charge in [-0.3, -0.25) is 0 Å². The molecule has 1 aromatic carbocycles. The smallest absolute Gasteiger partial charge is 0.312 e. The van der Waals surface area contributed by atoms with Crippen molar-refractivity contribution < 1.29 is 4.79 Å². The maximum Gasteiger partial charge on any atom is 0.346 e. The number of carbonyl (C=O) groups is 1. The van der Waals surface area contributed by atoms with Gasteiger partial charge in [0.15, 0.2) is 0 Å². The van der Waals surface area contributed by atoms with Crippen LogP contribution in [0.15, 0.2) is 28.7 Å². The topological polar surface area (TPSA) is 59.0 Å². The number of amides is 1. The third-order valence-electron chi connectivity index (χ3n) is 3.93. The van der Waals surface area contributed by atoms with E-state index in [0.29, 0.717) is 0 Å². The Labute approximate surface area is 144 Å². The molecule has 0 saturated heterocycles. The number of halogens is 1. The maximum absolute atomic E-state index is 12.7. The van der Waals surface area contributed by atoms with Crippen LogP contribution < -0.4 is 10.6 Å². The second kappa shape index (κ2) is 6.09. The van der Waals surface area contributed by atoms with Crippen LogP contribution in [0.25, 0.3) is 0 Å². The average molecular weight is 377 g/mol. The number of aromatic nitrogens is 2. The first-order valence-electron chi connectivity index (χ1n) is 7.75. The minimum Gasteiger partial charge on any atom is -0.312 e. The van der Waals surface area contributed by atoms with E-state index in [9.17, 15) is 4.79 Å². The molecule has 6 heteroatoms. The fourth-order valence-electron chi connectivity index (χ4n) is 2.83. The quantitative estimate of drug-likeness (QED) is 0.797. The maximum atomic E-state index is 12.7. The predicted molar refractivity (Wildman–Crippen MR) is 94.9 cm³/mol. The predicted octanol–water partition coefficient (Wildman–Crippen LogP) is 3.67. The molecule has 122 valence electrons. The van der Waals surface area contributed by atoms with Gasteiger partial charge in [0.2, 0.25) is 0 Å². The number of benzene rings is 1. The van der Waals surface area contributed by atoms with Crippen molar-refractivity contribution in [2.45, 2.75) is 39.2 Å². The van der Waals surface area contributed by atoms with Crippen molar-refractivity contribution in [3.63, 3.8) is 0 Å². The molecule has 1 aromatic heterocycles. The molecule has 3 rings (SSSR count). The van der Waals surface area contributed by atoms with E-state index < -0.39 is 0 Å². The molecular formula is C17H21BrN4O. The molecule has 5 nitrogen and oxygen atoms in total. The van der Waals surface area contributed by atoms with Crippen LogP contribution >= 0.6 is 15.9 Å². The summed E-state index contributed by atoms with van der Waals surface area (Å²) in [6.45, 7) is 8.02. The van der Waals surface area contributed by atoms with Crippen molar-refractivity contribution >= 4 is 27.6 Å². The van der Waals surface area contributed by atoms with Crippen molar-refractivity contribution in [3.8, 4) is 0 Å². The second-order valence-corrected chi connectivity index (χ2v) is 7.72. The Morgan fingerprint density at radius 3 is 2.65 bits per heavy atom. The summed E-state index contributed by atoms with van der Waals surface area (Å²) in [7, 11) is 0. The Bertz CT molecular complexity index is 728. The minimum absolute atomic E-state index is 0.0910. The van der Waals surface area contributed by atoms with Crippen LogP contribution in [0.2, 0.25) is 0 Å². The summed E-state index contributed by atoms with van der Waals surface area (Å²) < 4.78 is 2.52. The zero-order valence-electron chi connectivity index (χ0n) is 13.6.